The molecule has 0 amide bonds. The minimum Gasteiger partial charge on any atom is -0.493 e. The van der Waals surface area contributed by atoms with Crippen molar-refractivity contribution in [3.8, 4) is 11.5 Å². The van der Waals surface area contributed by atoms with E-state index in [-0.39, 0.29) is 5.78 Å². The molecule has 0 unspecified atom stereocenters. The summed E-state index contributed by atoms with van der Waals surface area (Å²) in [7, 11) is 3.31. The Labute approximate surface area is 184 Å². The summed E-state index contributed by atoms with van der Waals surface area (Å²) in [6.45, 7) is 13.8. The molecule has 0 aliphatic heterocycles. The number of methoxy groups -OCH3 is 2. The Morgan fingerprint density at radius 2 is 1.60 bits per heavy atom. The average Bonchev–Trinajstić information content (AvgIpc) is 2.77. The van der Waals surface area contributed by atoms with Gasteiger partial charge in [0.05, 0.1) is 14.2 Å². The maximum Gasteiger partial charge on any atom is 0.160 e. The van der Waals surface area contributed by atoms with Gasteiger partial charge in [0.15, 0.2) is 17.3 Å². The van der Waals surface area contributed by atoms with Gasteiger partial charge < -0.3 is 9.47 Å². The van der Waals surface area contributed by atoms with Crippen LogP contribution < -0.4 is 9.47 Å². The number of aromatic nitrogens is 1. The summed E-state index contributed by atoms with van der Waals surface area (Å²) in [5.74, 6) is 1.70. The van der Waals surface area contributed by atoms with E-state index in [0.29, 0.717) is 0 Å². The first kappa shape index (κ1) is 29.6. The summed E-state index contributed by atoms with van der Waals surface area (Å²) < 4.78 is 10.3. The van der Waals surface area contributed by atoms with Crippen LogP contribution >= 0.6 is 0 Å². The molecule has 0 saturated carbocycles. The van der Waals surface area contributed by atoms with Crippen molar-refractivity contribution >= 4 is 11.9 Å². The van der Waals surface area contributed by atoms with Gasteiger partial charge in [0, 0.05) is 12.4 Å². The molecule has 0 aliphatic rings. The van der Waals surface area contributed by atoms with Crippen LogP contribution in [0.5, 0.6) is 11.5 Å². The van der Waals surface area contributed by atoms with Crippen molar-refractivity contribution in [1.29, 1.82) is 0 Å². The van der Waals surface area contributed by atoms with E-state index < -0.39 is 0 Å². The van der Waals surface area contributed by atoms with Gasteiger partial charge in [0.25, 0.3) is 0 Å². The zero-order valence-electron chi connectivity index (χ0n) is 20.4. The van der Waals surface area contributed by atoms with Gasteiger partial charge in [-0.1, -0.05) is 59.6 Å². The number of carbonyl (C=O) groups is 1. The van der Waals surface area contributed by atoms with Crippen molar-refractivity contribution in [2.45, 2.75) is 67.7 Å². The number of ether oxygens (including phenoxy) is 2. The standard InChI is InChI=1S/C11H16O2.C10H11NO.C3H8.C2H6/c1-4-5-9-6-7-10(12-2)11(8-9)13-3;1-8(9(2)12)6-10-4-3-5-11-7-10;1-3-2;1-2/h6-8H,4-5H2,1-3H3;3-7H,1-2H3;3H2,1-2H3;1-2H3/b;8-6+;;. The quantitative estimate of drug-likeness (QED) is 0.469. The van der Waals surface area contributed by atoms with Crippen LogP contribution in [0.3, 0.4) is 0 Å². The van der Waals surface area contributed by atoms with E-state index in [1.165, 1.54) is 12.0 Å². The highest BCUT2D eigenvalue weighted by atomic mass is 16.5. The number of hydrogen-bond acceptors (Lipinski definition) is 4. The van der Waals surface area contributed by atoms with Crippen LogP contribution in [0.2, 0.25) is 0 Å². The van der Waals surface area contributed by atoms with Crippen LogP contribution in [0.15, 0.2) is 48.3 Å². The number of nitrogens with zero attached hydrogens (tertiary/aromatic N) is 1. The molecule has 0 spiro atoms. The fourth-order valence-corrected chi connectivity index (χ4v) is 2.14. The SMILES string of the molecule is CC.CC(=O)/C(C)=C/c1cccnc1.CCC.CCCc1ccc(OC)c(OC)c1. The molecule has 0 saturated heterocycles. The molecule has 2 aromatic rings. The van der Waals surface area contributed by atoms with Crippen LogP contribution in [0.4, 0.5) is 0 Å². The molecule has 0 bridgehead atoms. The van der Waals surface area contributed by atoms with Crippen molar-refractivity contribution in [2.75, 3.05) is 14.2 Å². The molecule has 1 heterocycles. The number of ketones is 1. The molecule has 4 heteroatoms. The van der Waals surface area contributed by atoms with E-state index in [4.69, 9.17) is 9.47 Å². The van der Waals surface area contributed by atoms with Gasteiger partial charge in [0.2, 0.25) is 0 Å². The van der Waals surface area contributed by atoms with Crippen LogP contribution in [-0.4, -0.2) is 25.0 Å². The van der Waals surface area contributed by atoms with Gasteiger partial charge in [-0.2, -0.15) is 0 Å². The number of benzene rings is 1. The predicted octanol–water partition coefficient (Wildman–Crippen LogP) is 7.17. The molecule has 0 aliphatic carbocycles. The van der Waals surface area contributed by atoms with E-state index in [1.807, 2.05) is 44.2 Å². The predicted molar refractivity (Wildman–Crippen MR) is 129 cm³/mol. The third-order valence-corrected chi connectivity index (χ3v) is 3.61. The third-order valence-electron chi connectivity index (χ3n) is 3.61. The molecule has 0 radical (unpaired) electrons. The Morgan fingerprint density at radius 1 is 1.00 bits per heavy atom. The normalized spacial score (nSPS) is 9.57. The van der Waals surface area contributed by atoms with E-state index in [0.717, 1.165) is 35.5 Å². The van der Waals surface area contributed by atoms with Gasteiger partial charge in [-0.3, -0.25) is 9.78 Å². The number of pyridine rings is 1. The number of carbonyl (C=O) groups excluding carboxylic acids is 1. The van der Waals surface area contributed by atoms with Gasteiger partial charge in [0.1, 0.15) is 0 Å². The maximum absolute atomic E-state index is 10.9. The maximum atomic E-state index is 10.9. The smallest absolute Gasteiger partial charge is 0.160 e. The minimum absolute atomic E-state index is 0.0962. The first-order chi connectivity index (χ1) is 14.4. The van der Waals surface area contributed by atoms with Gasteiger partial charge in [-0.05, 0) is 61.2 Å². The minimum atomic E-state index is 0.0962. The Kier molecular flexibility index (Phi) is 19.4. The molecule has 0 atom stereocenters. The summed E-state index contributed by atoms with van der Waals surface area (Å²) in [5.41, 5.74) is 3.01. The summed E-state index contributed by atoms with van der Waals surface area (Å²) in [5, 5.41) is 0. The fourth-order valence-electron chi connectivity index (χ4n) is 2.14. The van der Waals surface area contributed by atoms with Gasteiger partial charge >= 0.3 is 0 Å². The number of Topliss-reactive ketones (excluding diaryl/α,β-unsaturated/α-hetero) is 1. The Balaban J connectivity index is 0. The lowest BCUT2D eigenvalue weighted by molar-refractivity contribution is -0.113. The summed E-state index contributed by atoms with van der Waals surface area (Å²) in [6.07, 6.45) is 8.75. The van der Waals surface area contributed by atoms with Crippen molar-refractivity contribution in [3.05, 3.63) is 59.4 Å². The number of rotatable bonds is 6. The zero-order valence-corrected chi connectivity index (χ0v) is 20.4. The first-order valence-corrected chi connectivity index (χ1v) is 10.7. The molecule has 0 N–H and O–H groups in total. The van der Waals surface area contributed by atoms with Crippen LogP contribution in [0.1, 0.15) is 72.4 Å². The Morgan fingerprint density at radius 3 is 2.03 bits per heavy atom. The second-order valence-electron chi connectivity index (χ2n) is 6.32. The summed E-state index contributed by atoms with van der Waals surface area (Å²) in [4.78, 5) is 14.8. The molecule has 4 nitrogen and oxygen atoms in total. The number of aryl methyl sites for hydroxylation is 1. The third kappa shape index (κ3) is 13.5. The molecule has 1 aromatic heterocycles. The first-order valence-electron chi connectivity index (χ1n) is 10.7. The van der Waals surface area contributed by atoms with Crippen molar-refractivity contribution in [3.63, 3.8) is 0 Å². The highest BCUT2D eigenvalue weighted by Gasteiger charge is 2.03. The molecular weight excluding hydrogens is 374 g/mol. The van der Waals surface area contributed by atoms with Crippen LogP contribution in [0, 0.1) is 0 Å². The lowest BCUT2D eigenvalue weighted by Crippen LogP contribution is -1.92. The van der Waals surface area contributed by atoms with E-state index in [9.17, 15) is 4.79 Å². The fraction of sp³-hybridized carbons (Fsp3) is 0.462. The molecule has 30 heavy (non-hydrogen) atoms. The topological polar surface area (TPSA) is 48.4 Å². The Bertz CT molecular complexity index is 709. The van der Waals surface area contributed by atoms with E-state index in [1.54, 1.807) is 40.5 Å². The van der Waals surface area contributed by atoms with Crippen molar-refractivity contribution in [2.24, 2.45) is 0 Å². The van der Waals surface area contributed by atoms with Crippen LogP contribution in [-0.2, 0) is 11.2 Å². The highest BCUT2D eigenvalue weighted by molar-refractivity contribution is 5.96. The van der Waals surface area contributed by atoms with Crippen molar-refractivity contribution in [1.82, 2.24) is 4.98 Å². The number of allylic oxidation sites excluding steroid dienone is 1. The van der Waals surface area contributed by atoms with Gasteiger partial charge in [-0.25, -0.2) is 0 Å². The second-order valence-corrected chi connectivity index (χ2v) is 6.32. The summed E-state index contributed by atoms with van der Waals surface area (Å²) in [6, 6.07) is 9.82. The molecular formula is C26H41NO3. The molecule has 2 rings (SSSR count). The van der Waals surface area contributed by atoms with Crippen molar-refractivity contribution < 1.29 is 14.3 Å². The number of hydrogen-bond donors (Lipinski definition) is 0. The van der Waals surface area contributed by atoms with Crippen LogP contribution in [0.25, 0.3) is 6.08 Å². The lowest BCUT2D eigenvalue weighted by Gasteiger charge is -2.08. The van der Waals surface area contributed by atoms with E-state index in [2.05, 4.69) is 31.8 Å². The van der Waals surface area contributed by atoms with E-state index >= 15 is 0 Å². The monoisotopic (exact) mass is 415 g/mol. The molecule has 168 valence electrons. The lowest BCUT2D eigenvalue weighted by atomic mass is 10.1. The Hall–Kier alpha value is -2.62. The average molecular weight is 416 g/mol. The summed E-state index contributed by atoms with van der Waals surface area (Å²) >= 11 is 0. The van der Waals surface area contributed by atoms with Gasteiger partial charge in [-0.15, -0.1) is 0 Å². The molecule has 1 aromatic carbocycles. The second kappa shape index (κ2) is 19.7. The highest BCUT2D eigenvalue weighted by Crippen LogP contribution is 2.27. The zero-order chi connectivity index (χ0) is 23.4. The largest absolute Gasteiger partial charge is 0.493 e. The molecule has 0 fully saturated rings.